The van der Waals surface area contributed by atoms with Gasteiger partial charge in [0.2, 0.25) is 11.8 Å². The number of carbonyl (C=O) groups excluding carboxylic acids is 2. The first-order valence-electron chi connectivity index (χ1n) is 9.67. The van der Waals surface area contributed by atoms with Gasteiger partial charge in [-0.05, 0) is 48.7 Å². The van der Waals surface area contributed by atoms with Crippen LogP contribution in [0.1, 0.15) is 41.2 Å². The van der Waals surface area contributed by atoms with Crippen LogP contribution in [-0.2, 0) is 22.4 Å². The monoisotopic (exact) mass is 425 g/mol. The minimum atomic E-state index is -0.389. The Hall–Kier alpha value is -3.13. The van der Waals surface area contributed by atoms with Gasteiger partial charge in [0.15, 0.2) is 0 Å². The molecule has 3 aromatic rings. The van der Waals surface area contributed by atoms with Crippen molar-refractivity contribution < 1.29 is 18.7 Å². The van der Waals surface area contributed by atoms with Crippen molar-refractivity contribution in [2.75, 3.05) is 17.7 Å². The molecule has 0 aliphatic carbocycles. The van der Waals surface area contributed by atoms with Crippen LogP contribution in [0.2, 0.25) is 0 Å². The number of hydrogen-bond acceptors (Lipinski definition) is 7. The van der Waals surface area contributed by atoms with Crippen molar-refractivity contribution in [2.45, 2.75) is 31.9 Å². The highest BCUT2D eigenvalue weighted by Crippen LogP contribution is 2.19. The summed E-state index contributed by atoms with van der Waals surface area (Å²) in [5.74, 6) is 0.0434. The van der Waals surface area contributed by atoms with Gasteiger partial charge in [0.25, 0.3) is 5.22 Å². The van der Waals surface area contributed by atoms with Gasteiger partial charge in [-0.1, -0.05) is 43.0 Å². The van der Waals surface area contributed by atoms with Gasteiger partial charge in [-0.15, -0.1) is 10.2 Å². The van der Waals surface area contributed by atoms with Crippen LogP contribution in [0.25, 0.3) is 0 Å². The van der Waals surface area contributed by atoms with E-state index in [1.54, 1.807) is 31.2 Å². The summed E-state index contributed by atoms with van der Waals surface area (Å²) < 4.78 is 10.6. The van der Waals surface area contributed by atoms with Gasteiger partial charge in [-0.3, -0.25) is 4.79 Å². The summed E-state index contributed by atoms with van der Waals surface area (Å²) in [7, 11) is 0. The van der Waals surface area contributed by atoms with Gasteiger partial charge >= 0.3 is 5.97 Å². The van der Waals surface area contributed by atoms with E-state index in [0.717, 1.165) is 12.0 Å². The Labute approximate surface area is 179 Å². The third-order valence-electron chi connectivity index (χ3n) is 4.24. The number of ether oxygens (including phenoxy) is 1. The van der Waals surface area contributed by atoms with Crippen LogP contribution in [0.15, 0.2) is 58.2 Å². The molecule has 0 saturated heterocycles. The molecule has 30 heavy (non-hydrogen) atoms. The second-order valence-electron chi connectivity index (χ2n) is 6.44. The van der Waals surface area contributed by atoms with Gasteiger partial charge in [0.05, 0.1) is 24.3 Å². The first-order valence-corrected chi connectivity index (χ1v) is 10.7. The molecule has 0 bridgehead atoms. The number of aryl methyl sites for hydroxylation is 1. The maximum atomic E-state index is 12.2. The van der Waals surface area contributed by atoms with Gasteiger partial charge < -0.3 is 14.5 Å². The Kier molecular flexibility index (Phi) is 7.62. The van der Waals surface area contributed by atoms with Crippen molar-refractivity contribution in [1.82, 2.24) is 10.2 Å². The molecule has 2 aromatic carbocycles. The van der Waals surface area contributed by atoms with E-state index in [1.807, 2.05) is 0 Å². The standard InChI is InChI=1S/C22H23N3O4S/c1-3-15-5-7-16(8-6-15)13-20-24-25-22(29-20)30-14-19(26)23-18-11-9-17(10-12-18)21(27)28-4-2/h5-12H,3-4,13-14H2,1-2H3,(H,23,26). The molecular weight excluding hydrogens is 402 g/mol. The topological polar surface area (TPSA) is 94.3 Å². The molecule has 8 heteroatoms. The number of benzene rings is 2. The van der Waals surface area contributed by atoms with E-state index in [2.05, 4.69) is 46.7 Å². The molecule has 0 saturated carbocycles. The van der Waals surface area contributed by atoms with Crippen LogP contribution >= 0.6 is 11.8 Å². The van der Waals surface area contributed by atoms with E-state index < -0.39 is 0 Å². The SMILES string of the molecule is CCOC(=O)c1ccc(NC(=O)CSc2nnc(Cc3ccc(CC)cc3)o2)cc1. The third kappa shape index (κ3) is 6.18. The molecule has 0 spiro atoms. The molecule has 3 rings (SSSR count). The number of hydrogen-bond donors (Lipinski definition) is 1. The maximum Gasteiger partial charge on any atom is 0.338 e. The summed E-state index contributed by atoms with van der Waals surface area (Å²) in [5.41, 5.74) is 3.40. The molecule has 1 aromatic heterocycles. The number of nitrogens with one attached hydrogen (secondary N) is 1. The molecule has 1 heterocycles. The van der Waals surface area contributed by atoms with Crippen molar-refractivity contribution in [3.63, 3.8) is 0 Å². The summed E-state index contributed by atoms with van der Waals surface area (Å²) in [6.07, 6.45) is 1.55. The normalized spacial score (nSPS) is 10.6. The fraction of sp³-hybridized carbons (Fsp3) is 0.273. The minimum Gasteiger partial charge on any atom is -0.462 e. The van der Waals surface area contributed by atoms with Crippen LogP contribution in [0.4, 0.5) is 5.69 Å². The second-order valence-corrected chi connectivity index (χ2v) is 7.37. The van der Waals surface area contributed by atoms with Crippen molar-refractivity contribution in [2.24, 2.45) is 0 Å². The summed E-state index contributed by atoms with van der Waals surface area (Å²) >= 11 is 1.17. The van der Waals surface area contributed by atoms with Crippen molar-refractivity contribution in [3.8, 4) is 0 Å². The smallest absolute Gasteiger partial charge is 0.338 e. The van der Waals surface area contributed by atoms with Crippen LogP contribution in [0.3, 0.4) is 0 Å². The highest BCUT2D eigenvalue weighted by atomic mass is 32.2. The molecular formula is C22H23N3O4S. The predicted octanol–water partition coefficient (Wildman–Crippen LogP) is 4.13. The van der Waals surface area contributed by atoms with Crippen LogP contribution < -0.4 is 5.32 Å². The Morgan fingerprint density at radius 3 is 2.37 bits per heavy atom. The lowest BCUT2D eigenvalue weighted by atomic mass is 10.1. The quantitative estimate of drug-likeness (QED) is 0.407. The largest absolute Gasteiger partial charge is 0.462 e. The molecule has 7 nitrogen and oxygen atoms in total. The zero-order valence-electron chi connectivity index (χ0n) is 16.9. The van der Waals surface area contributed by atoms with Crippen LogP contribution in [0, 0.1) is 0 Å². The summed E-state index contributed by atoms with van der Waals surface area (Å²) in [4.78, 5) is 23.8. The zero-order valence-corrected chi connectivity index (χ0v) is 17.7. The first kappa shape index (κ1) is 21.6. The lowest BCUT2D eigenvalue weighted by Crippen LogP contribution is -2.14. The molecule has 0 radical (unpaired) electrons. The molecule has 0 fully saturated rings. The Balaban J connectivity index is 1.47. The number of esters is 1. The number of anilines is 1. The highest BCUT2D eigenvalue weighted by Gasteiger charge is 2.11. The van der Waals surface area contributed by atoms with Gasteiger partial charge in [-0.25, -0.2) is 4.79 Å². The molecule has 156 valence electrons. The molecule has 1 amide bonds. The Morgan fingerprint density at radius 1 is 1.00 bits per heavy atom. The van der Waals surface area contributed by atoms with Crippen molar-refractivity contribution in [1.29, 1.82) is 0 Å². The molecule has 1 N–H and O–H groups in total. The van der Waals surface area contributed by atoms with E-state index >= 15 is 0 Å². The van der Waals surface area contributed by atoms with Gasteiger partial charge in [0, 0.05) is 5.69 Å². The van der Waals surface area contributed by atoms with Gasteiger partial charge in [0.1, 0.15) is 0 Å². The summed E-state index contributed by atoms with van der Waals surface area (Å²) in [5, 5.41) is 11.1. The van der Waals surface area contributed by atoms with E-state index in [9.17, 15) is 9.59 Å². The summed E-state index contributed by atoms with van der Waals surface area (Å²) in [6, 6.07) is 14.8. The first-order chi connectivity index (χ1) is 14.6. The fourth-order valence-electron chi connectivity index (χ4n) is 2.66. The van der Waals surface area contributed by atoms with Crippen LogP contribution in [0.5, 0.6) is 0 Å². The molecule has 0 atom stereocenters. The second kappa shape index (κ2) is 10.6. The third-order valence-corrected chi connectivity index (χ3v) is 5.06. The lowest BCUT2D eigenvalue weighted by Gasteiger charge is -2.05. The number of carbonyl (C=O) groups is 2. The average molecular weight is 426 g/mol. The molecule has 0 aliphatic heterocycles. The minimum absolute atomic E-state index is 0.131. The van der Waals surface area contributed by atoms with Crippen molar-refractivity contribution in [3.05, 3.63) is 71.1 Å². The van der Waals surface area contributed by atoms with E-state index in [0.29, 0.717) is 35.4 Å². The highest BCUT2D eigenvalue weighted by molar-refractivity contribution is 7.99. The zero-order chi connectivity index (χ0) is 21.3. The predicted molar refractivity (Wildman–Crippen MR) is 115 cm³/mol. The van der Waals surface area contributed by atoms with E-state index in [4.69, 9.17) is 9.15 Å². The number of amides is 1. The molecule has 0 aliphatic rings. The average Bonchev–Trinajstić information content (AvgIpc) is 3.21. The number of aromatic nitrogens is 2. The van der Waals surface area contributed by atoms with Gasteiger partial charge in [-0.2, -0.15) is 0 Å². The Bertz CT molecular complexity index is 984. The number of nitrogens with zero attached hydrogens (tertiary/aromatic N) is 2. The van der Waals surface area contributed by atoms with E-state index in [1.165, 1.54) is 17.3 Å². The summed E-state index contributed by atoms with van der Waals surface area (Å²) in [6.45, 7) is 4.18. The number of thioether (sulfide) groups is 1. The maximum absolute atomic E-state index is 12.2. The fourth-order valence-corrected chi connectivity index (χ4v) is 3.24. The lowest BCUT2D eigenvalue weighted by molar-refractivity contribution is -0.113. The number of rotatable bonds is 9. The van der Waals surface area contributed by atoms with Crippen LogP contribution in [-0.4, -0.2) is 34.4 Å². The Morgan fingerprint density at radius 2 is 1.70 bits per heavy atom. The van der Waals surface area contributed by atoms with E-state index in [-0.39, 0.29) is 17.6 Å². The van der Waals surface area contributed by atoms with Crippen molar-refractivity contribution >= 4 is 29.3 Å². The molecule has 0 unspecified atom stereocenters.